The maximum absolute atomic E-state index is 12.9. The molecule has 0 bridgehead atoms. The molecule has 4 heterocycles. The van der Waals surface area contributed by atoms with Crippen LogP contribution in [0.25, 0.3) is 33.4 Å². The second kappa shape index (κ2) is 15.6. The van der Waals surface area contributed by atoms with E-state index in [1.54, 1.807) is 34.3 Å². The van der Waals surface area contributed by atoms with Crippen LogP contribution in [0.3, 0.4) is 0 Å². The van der Waals surface area contributed by atoms with Gasteiger partial charge in [-0.15, -0.1) is 0 Å². The second-order valence-corrected chi connectivity index (χ2v) is 14.0. The summed E-state index contributed by atoms with van der Waals surface area (Å²) >= 11 is 14.3. The van der Waals surface area contributed by atoms with Crippen LogP contribution in [0.15, 0.2) is 110 Å². The largest absolute Gasteiger partial charge is 0.482 e. The number of nitrogens with zero attached hydrogens (tertiary/aromatic N) is 6. The van der Waals surface area contributed by atoms with E-state index in [9.17, 15) is 20.1 Å². The molecule has 0 saturated heterocycles. The Kier molecular flexibility index (Phi) is 10.1. The number of pyridine rings is 2. The summed E-state index contributed by atoms with van der Waals surface area (Å²) in [4.78, 5) is 37.5. The molecule has 0 fully saturated rings. The molecular weight excluding hydrogens is 747 g/mol. The van der Waals surface area contributed by atoms with Crippen LogP contribution in [0, 0.1) is 22.7 Å². The lowest BCUT2D eigenvalue weighted by Gasteiger charge is -2.30. The zero-order valence-corrected chi connectivity index (χ0v) is 31.2. The molecule has 0 radical (unpaired) electrons. The third-order valence-corrected chi connectivity index (χ3v) is 10.6. The SMILES string of the molecule is N#Cc1cncc(CCN2C(=O)COc3cc(-c4cccc(-c5cccc(-c6ccc7c(c6)OCC(=O)N7CCc6cncc(C#N)c6)c5Cl)c4Cl)ccc32)c1. The predicted octanol–water partition coefficient (Wildman–Crippen LogP) is 8.46. The van der Waals surface area contributed by atoms with Crippen LogP contribution in [0.5, 0.6) is 11.5 Å². The van der Waals surface area contributed by atoms with Crippen molar-refractivity contribution in [2.75, 3.05) is 36.1 Å². The van der Waals surface area contributed by atoms with Crippen molar-refractivity contribution >= 4 is 46.4 Å². The van der Waals surface area contributed by atoms with Gasteiger partial charge in [-0.3, -0.25) is 19.6 Å². The van der Waals surface area contributed by atoms with Crippen molar-refractivity contribution in [1.82, 2.24) is 9.97 Å². The van der Waals surface area contributed by atoms with Crippen LogP contribution in [0.1, 0.15) is 22.3 Å². The summed E-state index contributed by atoms with van der Waals surface area (Å²) in [7, 11) is 0. The first-order valence-electron chi connectivity index (χ1n) is 17.7. The Hall–Kier alpha value is -6.72. The quantitative estimate of drug-likeness (QED) is 0.143. The second-order valence-electron chi connectivity index (χ2n) is 13.3. The number of fused-ring (bicyclic) bond motifs is 2. The number of ether oxygens (including phenoxy) is 2. The van der Waals surface area contributed by atoms with Crippen molar-refractivity contribution in [1.29, 1.82) is 10.5 Å². The standard InChI is InChI=1S/C44H30Cl2N6O4/c45-43-33(31-7-9-37-39(17-31)55-25-41(53)51(37)13-11-27-15-29(19-47)23-49-21-27)3-1-5-35(43)36-6-2-4-34(44(36)46)32-8-10-38-40(18-32)56-26-42(54)52(38)14-12-28-16-30(20-48)24-50-22-28/h1-10,15-18,21-24H,11-14,25-26H2. The van der Waals surface area contributed by atoms with Crippen LogP contribution in [-0.4, -0.2) is 48.1 Å². The minimum Gasteiger partial charge on any atom is -0.482 e. The average Bonchev–Trinajstić information content (AvgIpc) is 3.23. The number of anilines is 2. The van der Waals surface area contributed by atoms with Crippen molar-refractivity contribution < 1.29 is 19.1 Å². The third-order valence-electron chi connectivity index (χ3n) is 9.81. The molecule has 2 aromatic heterocycles. The van der Waals surface area contributed by atoms with Crippen LogP contribution < -0.4 is 19.3 Å². The summed E-state index contributed by atoms with van der Waals surface area (Å²) in [6.45, 7) is 0.612. The van der Waals surface area contributed by atoms with Crippen LogP contribution in [-0.2, 0) is 22.4 Å². The minimum absolute atomic E-state index is 0.0965. The number of rotatable bonds is 9. The Balaban J connectivity index is 1.05. The monoisotopic (exact) mass is 776 g/mol. The highest BCUT2D eigenvalue weighted by Crippen LogP contribution is 2.45. The molecule has 56 heavy (non-hydrogen) atoms. The first-order valence-corrected chi connectivity index (χ1v) is 18.5. The summed E-state index contributed by atoms with van der Waals surface area (Å²) in [6, 6.07) is 30.6. The molecule has 8 rings (SSSR count). The predicted molar refractivity (Wildman–Crippen MR) is 214 cm³/mol. The first kappa shape index (κ1) is 36.3. The van der Waals surface area contributed by atoms with Crippen molar-refractivity contribution in [2.24, 2.45) is 0 Å². The van der Waals surface area contributed by atoms with E-state index in [1.807, 2.05) is 72.8 Å². The van der Waals surface area contributed by atoms with E-state index in [-0.39, 0.29) is 25.0 Å². The summed E-state index contributed by atoms with van der Waals surface area (Å²) in [6.07, 6.45) is 7.47. The lowest BCUT2D eigenvalue weighted by atomic mass is 9.95. The molecule has 4 aromatic carbocycles. The van der Waals surface area contributed by atoms with Gasteiger partial charge in [-0.1, -0.05) is 71.7 Å². The minimum atomic E-state index is -0.155. The van der Waals surface area contributed by atoms with E-state index in [0.29, 0.717) is 70.0 Å². The van der Waals surface area contributed by atoms with Crippen LogP contribution in [0.4, 0.5) is 11.4 Å². The van der Waals surface area contributed by atoms with Gasteiger partial charge in [0, 0.05) is 60.1 Å². The Morgan fingerprint density at radius 1 is 0.589 bits per heavy atom. The maximum atomic E-state index is 12.9. The van der Waals surface area contributed by atoms with Gasteiger partial charge in [0.2, 0.25) is 0 Å². The lowest BCUT2D eigenvalue weighted by molar-refractivity contribution is -0.122. The number of nitriles is 2. The number of hydrogen-bond donors (Lipinski definition) is 0. The zero-order chi connectivity index (χ0) is 38.8. The van der Waals surface area contributed by atoms with Crippen molar-refractivity contribution in [2.45, 2.75) is 12.8 Å². The molecule has 0 unspecified atom stereocenters. The normalized spacial score (nSPS) is 13.2. The number of halogens is 2. The Bertz CT molecular complexity index is 2450. The highest BCUT2D eigenvalue weighted by Gasteiger charge is 2.28. The highest BCUT2D eigenvalue weighted by atomic mass is 35.5. The molecule has 2 aliphatic rings. The fraction of sp³-hybridized carbons (Fsp3) is 0.136. The van der Waals surface area contributed by atoms with Crippen LogP contribution in [0.2, 0.25) is 10.0 Å². The van der Waals surface area contributed by atoms with E-state index in [4.69, 9.17) is 32.7 Å². The Morgan fingerprint density at radius 2 is 1.02 bits per heavy atom. The van der Waals surface area contributed by atoms with E-state index in [1.165, 1.54) is 12.4 Å². The number of aromatic nitrogens is 2. The van der Waals surface area contributed by atoms with Gasteiger partial charge < -0.3 is 19.3 Å². The molecule has 2 aliphatic heterocycles. The van der Waals surface area contributed by atoms with E-state index >= 15 is 0 Å². The number of benzene rings is 4. The number of carbonyl (C=O) groups excluding carboxylic acids is 2. The van der Waals surface area contributed by atoms with Gasteiger partial charge in [-0.25, -0.2) is 0 Å². The van der Waals surface area contributed by atoms with Gasteiger partial charge in [-0.2, -0.15) is 10.5 Å². The molecule has 0 atom stereocenters. The molecule has 0 saturated carbocycles. The van der Waals surface area contributed by atoms with Gasteiger partial charge in [0.15, 0.2) is 13.2 Å². The van der Waals surface area contributed by atoms with Gasteiger partial charge in [0.1, 0.15) is 23.6 Å². The molecular formula is C44H30Cl2N6O4. The van der Waals surface area contributed by atoms with E-state index in [2.05, 4.69) is 22.1 Å². The molecule has 10 nitrogen and oxygen atoms in total. The highest BCUT2D eigenvalue weighted by molar-refractivity contribution is 6.39. The van der Waals surface area contributed by atoms with Crippen molar-refractivity contribution in [3.05, 3.63) is 142 Å². The molecule has 12 heteroatoms. The van der Waals surface area contributed by atoms with E-state index < -0.39 is 0 Å². The summed E-state index contributed by atoms with van der Waals surface area (Å²) in [5.41, 5.74) is 8.60. The Labute approximate surface area is 332 Å². The zero-order valence-electron chi connectivity index (χ0n) is 29.7. The Morgan fingerprint density at radius 3 is 1.45 bits per heavy atom. The lowest BCUT2D eigenvalue weighted by Crippen LogP contribution is -2.40. The summed E-state index contributed by atoms with van der Waals surface area (Å²) in [5.74, 6) is 0.815. The number of hydrogen-bond acceptors (Lipinski definition) is 8. The van der Waals surface area contributed by atoms with Crippen LogP contribution >= 0.6 is 23.2 Å². The first-order chi connectivity index (χ1) is 27.3. The van der Waals surface area contributed by atoms with Gasteiger partial charge in [0.05, 0.1) is 32.5 Å². The van der Waals surface area contributed by atoms with Crippen molar-refractivity contribution in [3.8, 4) is 57.0 Å². The summed E-state index contributed by atoms with van der Waals surface area (Å²) < 4.78 is 11.8. The number of amides is 2. The molecule has 2 amide bonds. The van der Waals surface area contributed by atoms with Crippen molar-refractivity contribution in [3.63, 3.8) is 0 Å². The maximum Gasteiger partial charge on any atom is 0.265 e. The smallest absolute Gasteiger partial charge is 0.265 e. The fourth-order valence-electron chi connectivity index (χ4n) is 7.01. The molecule has 0 spiro atoms. The average molecular weight is 778 g/mol. The number of carbonyl (C=O) groups is 2. The van der Waals surface area contributed by atoms with E-state index in [0.717, 1.165) is 44.5 Å². The molecule has 274 valence electrons. The molecule has 0 N–H and O–H groups in total. The fourth-order valence-corrected chi connectivity index (χ4v) is 7.69. The molecule has 6 aromatic rings. The topological polar surface area (TPSA) is 132 Å². The summed E-state index contributed by atoms with van der Waals surface area (Å²) in [5, 5.41) is 19.5. The van der Waals surface area contributed by atoms with Gasteiger partial charge >= 0.3 is 0 Å². The van der Waals surface area contributed by atoms with Gasteiger partial charge in [-0.05, 0) is 71.5 Å². The third kappa shape index (κ3) is 7.12. The van der Waals surface area contributed by atoms with Gasteiger partial charge in [0.25, 0.3) is 11.8 Å². The molecule has 0 aliphatic carbocycles.